The van der Waals surface area contributed by atoms with Gasteiger partial charge in [0.1, 0.15) is 19.0 Å². The second-order valence-electron chi connectivity index (χ2n) is 6.10. The molecule has 0 radical (unpaired) electrons. The quantitative estimate of drug-likeness (QED) is 0.708. The molecule has 0 bridgehead atoms. The fourth-order valence-corrected chi connectivity index (χ4v) is 2.66. The average Bonchev–Trinajstić information content (AvgIpc) is 2.73. The van der Waals surface area contributed by atoms with Gasteiger partial charge in [0.05, 0.1) is 0 Å². The molecule has 8 heteroatoms. The van der Waals surface area contributed by atoms with Crippen molar-refractivity contribution in [3.05, 3.63) is 71.7 Å². The smallest absolute Gasteiger partial charge is 0.272 e. The number of rotatable bonds is 5. The minimum atomic E-state index is -0.359. The van der Waals surface area contributed by atoms with E-state index in [2.05, 4.69) is 20.8 Å². The SMILES string of the molecule is O=C(NCc1ccc(F)cc1)c1ccc(Nc2ccc3c(c2)OCCO3)nn1. The van der Waals surface area contributed by atoms with E-state index in [4.69, 9.17) is 9.47 Å². The van der Waals surface area contributed by atoms with E-state index in [-0.39, 0.29) is 24.0 Å². The number of amides is 1. The third-order valence-corrected chi connectivity index (χ3v) is 4.08. The summed E-state index contributed by atoms with van der Waals surface area (Å²) in [5.74, 6) is 1.19. The van der Waals surface area contributed by atoms with Gasteiger partial charge >= 0.3 is 0 Å². The number of hydrogen-bond acceptors (Lipinski definition) is 6. The van der Waals surface area contributed by atoms with Crippen LogP contribution >= 0.6 is 0 Å². The summed E-state index contributed by atoms with van der Waals surface area (Å²) in [5.41, 5.74) is 1.75. The van der Waals surface area contributed by atoms with E-state index in [0.717, 1.165) is 11.3 Å². The van der Waals surface area contributed by atoms with Gasteiger partial charge in [-0.1, -0.05) is 12.1 Å². The Morgan fingerprint density at radius 3 is 2.50 bits per heavy atom. The van der Waals surface area contributed by atoms with Crippen LogP contribution in [0.2, 0.25) is 0 Å². The van der Waals surface area contributed by atoms with Gasteiger partial charge < -0.3 is 20.1 Å². The Balaban J connectivity index is 1.36. The molecule has 28 heavy (non-hydrogen) atoms. The third kappa shape index (κ3) is 4.17. The zero-order chi connectivity index (χ0) is 19.3. The second-order valence-corrected chi connectivity index (χ2v) is 6.10. The number of ether oxygens (including phenoxy) is 2. The first kappa shape index (κ1) is 17.7. The lowest BCUT2D eigenvalue weighted by atomic mass is 10.2. The van der Waals surface area contributed by atoms with E-state index in [1.165, 1.54) is 12.1 Å². The van der Waals surface area contributed by atoms with Crippen LogP contribution in [0.5, 0.6) is 11.5 Å². The number of carbonyl (C=O) groups is 1. The predicted octanol–water partition coefficient (Wildman–Crippen LogP) is 3.06. The van der Waals surface area contributed by atoms with Gasteiger partial charge in [-0.3, -0.25) is 4.79 Å². The number of fused-ring (bicyclic) bond motifs is 1. The van der Waals surface area contributed by atoms with E-state index >= 15 is 0 Å². The number of halogens is 1. The molecule has 2 N–H and O–H groups in total. The summed E-state index contributed by atoms with van der Waals surface area (Å²) in [6, 6.07) is 14.6. The molecule has 1 aliphatic rings. The van der Waals surface area contributed by atoms with Crippen LogP contribution in [-0.4, -0.2) is 29.3 Å². The molecule has 0 fully saturated rings. The van der Waals surface area contributed by atoms with E-state index in [0.29, 0.717) is 30.5 Å². The molecule has 142 valence electrons. The summed E-state index contributed by atoms with van der Waals surface area (Å²) in [6.07, 6.45) is 0. The maximum absolute atomic E-state index is 12.9. The number of carbonyl (C=O) groups excluding carboxylic acids is 1. The summed E-state index contributed by atoms with van der Waals surface area (Å²) in [7, 11) is 0. The topological polar surface area (TPSA) is 85.4 Å². The molecule has 1 amide bonds. The molecule has 0 unspecified atom stereocenters. The van der Waals surface area contributed by atoms with Crippen molar-refractivity contribution in [3.63, 3.8) is 0 Å². The molecule has 0 saturated heterocycles. The van der Waals surface area contributed by atoms with Gasteiger partial charge in [0, 0.05) is 18.3 Å². The summed E-state index contributed by atoms with van der Waals surface area (Å²) in [4.78, 5) is 12.2. The van der Waals surface area contributed by atoms with Crippen molar-refractivity contribution in [1.82, 2.24) is 15.5 Å². The largest absolute Gasteiger partial charge is 0.486 e. The number of benzene rings is 2. The summed E-state index contributed by atoms with van der Waals surface area (Å²) in [5, 5.41) is 13.8. The van der Waals surface area contributed by atoms with Crippen molar-refractivity contribution in [3.8, 4) is 11.5 Å². The van der Waals surface area contributed by atoms with E-state index in [1.54, 1.807) is 24.3 Å². The molecule has 2 aromatic carbocycles. The maximum atomic E-state index is 12.9. The first-order chi connectivity index (χ1) is 13.7. The van der Waals surface area contributed by atoms with Crippen molar-refractivity contribution < 1.29 is 18.7 Å². The van der Waals surface area contributed by atoms with Gasteiger partial charge in [-0.25, -0.2) is 4.39 Å². The fourth-order valence-electron chi connectivity index (χ4n) is 2.66. The molecule has 3 aromatic rings. The molecule has 0 saturated carbocycles. The molecule has 0 atom stereocenters. The van der Waals surface area contributed by atoms with Gasteiger partial charge in [-0.05, 0) is 42.0 Å². The highest BCUT2D eigenvalue weighted by atomic mass is 19.1. The van der Waals surface area contributed by atoms with E-state index < -0.39 is 0 Å². The minimum absolute atomic E-state index is 0.190. The number of hydrogen-bond donors (Lipinski definition) is 2. The van der Waals surface area contributed by atoms with Crippen molar-refractivity contribution in [2.75, 3.05) is 18.5 Å². The lowest BCUT2D eigenvalue weighted by Crippen LogP contribution is -2.24. The van der Waals surface area contributed by atoms with Gasteiger partial charge in [-0.15, -0.1) is 10.2 Å². The van der Waals surface area contributed by atoms with Crippen molar-refractivity contribution in [2.45, 2.75) is 6.54 Å². The monoisotopic (exact) mass is 380 g/mol. The molecule has 1 aromatic heterocycles. The van der Waals surface area contributed by atoms with Crippen LogP contribution in [0.4, 0.5) is 15.9 Å². The van der Waals surface area contributed by atoms with Crippen LogP contribution in [0.3, 0.4) is 0 Å². The van der Waals surface area contributed by atoms with Crippen molar-refractivity contribution in [1.29, 1.82) is 0 Å². The molecule has 4 rings (SSSR count). The molecule has 0 aliphatic carbocycles. The Morgan fingerprint density at radius 2 is 1.75 bits per heavy atom. The highest BCUT2D eigenvalue weighted by Crippen LogP contribution is 2.33. The zero-order valence-corrected chi connectivity index (χ0v) is 14.8. The second kappa shape index (κ2) is 7.91. The Morgan fingerprint density at radius 1 is 0.964 bits per heavy atom. The molecular weight excluding hydrogens is 363 g/mol. The molecule has 1 aliphatic heterocycles. The Labute approximate surface area is 160 Å². The maximum Gasteiger partial charge on any atom is 0.272 e. The van der Waals surface area contributed by atoms with Crippen LogP contribution in [0.1, 0.15) is 16.1 Å². The molecule has 0 spiro atoms. The Kier molecular flexibility index (Phi) is 5.01. The van der Waals surface area contributed by atoms with Gasteiger partial charge in [-0.2, -0.15) is 0 Å². The third-order valence-electron chi connectivity index (χ3n) is 4.08. The highest BCUT2D eigenvalue weighted by Gasteiger charge is 2.12. The normalized spacial score (nSPS) is 12.3. The summed E-state index contributed by atoms with van der Waals surface area (Å²) in [6.45, 7) is 1.33. The Bertz CT molecular complexity index is 978. The van der Waals surface area contributed by atoms with Crippen LogP contribution in [0.25, 0.3) is 0 Å². The number of anilines is 2. The van der Waals surface area contributed by atoms with Gasteiger partial charge in [0.15, 0.2) is 23.0 Å². The van der Waals surface area contributed by atoms with Crippen LogP contribution in [0.15, 0.2) is 54.6 Å². The van der Waals surface area contributed by atoms with Crippen molar-refractivity contribution >= 4 is 17.4 Å². The van der Waals surface area contributed by atoms with Gasteiger partial charge in [0.25, 0.3) is 5.91 Å². The lowest BCUT2D eigenvalue weighted by Gasteiger charge is -2.19. The first-order valence-electron chi connectivity index (χ1n) is 8.70. The summed E-state index contributed by atoms with van der Waals surface area (Å²) >= 11 is 0. The van der Waals surface area contributed by atoms with E-state index in [9.17, 15) is 9.18 Å². The van der Waals surface area contributed by atoms with Crippen LogP contribution in [0, 0.1) is 5.82 Å². The lowest BCUT2D eigenvalue weighted by molar-refractivity contribution is 0.0945. The highest BCUT2D eigenvalue weighted by molar-refractivity contribution is 5.92. The first-order valence-corrected chi connectivity index (χ1v) is 8.70. The van der Waals surface area contributed by atoms with Crippen LogP contribution < -0.4 is 20.1 Å². The van der Waals surface area contributed by atoms with Crippen LogP contribution in [-0.2, 0) is 6.54 Å². The molecular formula is C20H17FN4O3. The number of nitrogens with one attached hydrogen (secondary N) is 2. The molecule has 2 heterocycles. The standard InChI is InChI=1S/C20H17FN4O3/c21-14-3-1-13(2-4-14)12-22-20(26)16-6-8-19(25-24-16)23-15-5-7-17-18(11-15)28-10-9-27-17/h1-8,11H,9-10,12H2,(H,22,26)(H,23,25). The predicted molar refractivity (Wildman–Crippen MR) is 100 cm³/mol. The number of aromatic nitrogens is 2. The zero-order valence-electron chi connectivity index (χ0n) is 14.8. The average molecular weight is 380 g/mol. The fraction of sp³-hybridized carbons (Fsp3) is 0.150. The van der Waals surface area contributed by atoms with Gasteiger partial charge in [0.2, 0.25) is 0 Å². The minimum Gasteiger partial charge on any atom is -0.486 e. The van der Waals surface area contributed by atoms with Crippen molar-refractivity contribution in [2.24, 2.45) is 0 Å². The molecule has 7 nitrogen and oxygen atoms in total. The summed E-state index contributed by atoms with van der Waals surface area (Å²) < 4.78 is 23.9. The number of nitrogens with zero attached hydrogens (tertiary/aromatic N) is 2. The Hall–Kier alpha value is -3.68. The van der Waals surface area contributed by atoms with E-state index in [1.807, 2.05) is 18.2 Å².